The molecule has 102 valence electrons. The molecule has 0 atom stereocenters. The van der Waals surface area contributed by atoms with Crippen molar-refractivity contribution in [1.82, 2.24) is 10.2 Å². The van der Waals surface area contributed by atoms with Gasteiger partial charge in [-0.15, -0.1) is 10.2 Å². The zero-order chi connectivity index (χ0) is 14.8. The first kappa shape index (κ1) is 13.7. The summed E-state index contributed by atoms with van der Waals surface area (Å²) in [5, 5.41) is 14.7. The van der Waals surface area contributed by atoms with Crippen molar-refractivity contribution in [3.05, 3.63) is 47.4 Å². The van der Waals surface area contributed by atoms with Gasteiger partial charge in [-0.05, 0) is 24.3 Å². The van der Waals surface area contributed by atoms with E-state index in [1.54, 1.807) is 6.07 Å². The van der Waals surface area contributed by atoms with Gasteiger partial charge in [0.2, 0.25) is 5.88 Å². The molecular weight excluding hydrogens is 278 g/mol. The van der Waals surface area contributed by atoms with Gasteiger partial charge in [0, 0.05) is 6.07 Å². The second-order valence-electron chi connectivity index (χ2n) is 3.61. The summed E-state index contributed by atoms with van der Waals surface area (Å²) in [6, 6.07) is 6.74. The molecule has 4 nitrogen and oxygen atoms in total. The van der Waals surface area contributed by atoms with Crippen molar-refractivity contribution in [1.29, 1.82) is 5.26 Å². The van der Waals surface area contributed by atoms with Gasteiger partial charge in [-0.25, -0.2) is 4.39 Å². The minimum Gasteiger partial charge on any atom is -0.434 e. The summed E-state index contributed by atoms with van der Waals surface area (Å²) in [5.41, 5.74) is -1.08. The number of alkyl halides is 3. The molecule has 0 bridgehead atoms. The van der Waals surface area contributed by atoms with Crippen LogP contribution in [0.4, 0.5) is 17.6 Å². The van der Waals surface area contributed by atoms with Crippen LogP contribution in [0.25, 0.3) is 0 Å². The zero-order valence-electron chi connectivity index (χ0n) is 9.65. The molecule has 2 aromatic rings. The predicted octanol–water partition coefficient (Wildman–Crippen LogP) is 3.30. The summed E-state index contributed by atoms with van der Waals surface area (Å²) in [4.78, 5) is 0. The smallest absolute Gasteiger partial charge is 0.434 e. The fourth-order valence-electron chi connectivity index (χ4n) is 1.29. The number of ether oxygens (including phenoxy) is 1. The Balaban J connectivity index is 2.21. The highest BCUT2D eigenvalue weighted by atomic mass is 19.4. The molecule has 0 fully saturated rings. The molecular formula is C12H5F4N3O. The first-order valence-corrected chi connectivity index (χ1v) is 5.18. The summed E-state index contributed by atoms with van der Waals surface area (Å²) >= 11 is 0. The number of halogens is 4. The van der Waals surface area contributed by atoms with Gasteiger partial charge >= 0.3 is 6.18 Å². The van der Waals surface area contributed by atoms with Crippen molar-refractivity contribution >= 4 is 0 Å². The van der Waals surface area contributed by atoms with Gasteiger partial charge in [-0.3, -0.25) is 0 Å². The number of nitrogens with zero attached hydrogens (tertiary/aromatic N) is 3. The number of nitriles is 1. The van der Waals surface area contributed by atoms with E-state index in [4.69, 9.17) is 10.00 Å². The monoisotopic (exact) mass is 283 g/mol. The van der Waals surface area contributed by atoms with Crippen molar-refractivity contribution in [3.8, 4) is 17.7 Å². The number of benzene rings is 1. The summed E-state index contributed by atoms with van der Waals surface area (Å²) in [7, 11) is 0. The largest absolute Gasteiger partial charge is 0.435 e. The maximum absolute atomic E-state index is 13.5. The molecule has 20 heavy (non-hydrogen) atoms. The maximum atomic E-state index is 13.5. The van der Waals surface area contributed by atoms with E-state index in [0.717, 1.165) is 12.1 Å². The molecule has 1 heterocycles. The molecule has 0 aliphatic carbocycles. The Labute approximate surface area is 110 Å². The van der Waals surface area contributed by atoms with Crippen LogP contribution in [0.5, 0.6) is 11.6 Å². The molecule has 1 aromatic heterocycles. The van der Waals surface area contributed by atoms with Gasteiger partial charge < -0.3 is 4.74 Å². The number of rotatable bonds is 2. The maximum Gasteiger partial charge on any atom is 0.435 e. The van der Waals surface area contributed by atoms with Crippen molar-refractivity contribution in [2.75, 3.05) is 0 Å². The van der Waals surface area contributed by atoms with Gasteiger partial charge in [0.15, 0.2) is 17.3 Å². The quantitative estimate of drug-likeness (QED) is 0.793. The first-order valence-electron chi connectivity index (χ1n) is 5.18. The molecule has 8 heteroatoms. The Hall–Kier alpha value is -2.69. The summed E-state index contributed by atoms with van der Waals surface area (Å²) in [5.74, 6) is -1.38. The lowest BCUT2D eigenvalue weighted by molar-refractivity contribution is -0.141. The third-order valence-electron chi connectivity index (χ3n) is 2.21. The lowest BCUT2D eigenvalue weighted by atomic mass is 10.2. The van der Waals surface area contributed by atoms with Crippen LogP contribution in [0.1, 0.15) is 11.3 Å². The Morgan fingerprint density at radius 2 is 1.85 bits per heavy atom. The van der Waals surface area contributed by atoms with Crippen molar-refractivity contribution < 1.29 is 22.3 Å². The minimum absolute atomic E-state index is 0.0911. The van der Waals surface area contributed by atoms with Gasteiger partial charge in [-0.1, -0.05) is 0 Å². The molecule has 0 aliphatic heterocycles. The van der Waals surface area contributed by atoms with Crippen LogP contribution >= 0.6 is 0 Å². The van der Waals surface area contributed by atoms with Gasteiger partial charge in [0.1, 0.15) is 0 Å². The Kier molecular flexibility index (Phi) is 3.52. The fraction of sp³-hybridized carbons (Fsp3) is 0.0833. The highest BCUT2D eigenvalue weighted by Crippen LogP contribution is 2.28. The lowest BCUT2D eigenvalue weighted by Gasteiger charge is -2.07. The van der Waals surface area contributed by atoms with Crippen LogP contribution in [0.3, 0.4) is 0 Å². The van der Waals surface area contributed by atoms with E-state index < -0.39 is 17.7 Å². The van der Waals surface area contributed by atoms with Crippen molar-refractivity contribution in [3.63, 3.8) is 0 Å². The SMILES string of the molecule is N#Cc1ccc(Oc2ccc(C(F)(F)F)nn2)c(F)c1. The molecule has 0 spiro atoms. The Morgan fingerprint density at radius 3 is 2.35 bits per heavy atom. The van der Waals surface area contributed by atoms with Gasteiger partial charge in [-0.2, -0.15) is 18.4 Å². The minimum atomic E-state index is -4.61. The van der Waals surface area contributed by atoms with E-state index in [-0.39, 0.29) is 17.2 Å². The molecule has 0 unspecified atom stereocenters. The molecule has 0 saturated heterocycles. The highest BCUT2D eigenvalue weighted by molar-refractivity contribution is 5.37. The third kappa shape index (κ3) is 3.00. The zero-order valence-corrected chi connectivity index (χ0v) is 9.65. The topological polar surface area (TPSA) is 58.8 Å². The Bertz CT molecular complexity index is 662. The Morgan fingerprint density at radius 1 is 1.10 bits per heavy atom. The van der Waals surface area contributed by atoms with Crippen LogP contribution in [0.2, 0.25) is 0 Å². The summed E-state index contributed by atoms with van der Waals surface area (Å²) in [6.45, 7) is 0. The highest BCUT2D eigenvalue weighted by Gasteiger charge is 2.33. The summed E-state index contributed by atoms with van der Waals surface area (Å²) in [6.07, 6.45) is -4.61. The van der Waals surface area contributed by atoms with Gasteiger partial charge in [0.05, 0.1) is 11.6 Å². The van der Waals surface area contributed by atoms with Crippen LogP contribution in [-0.4, -0.2) is 10.2 Å². The summed E-state index contributed by atoms with van der Waals surface area (Å²) < 4.78 is 55.2. The lowest BCUT2D eigenvalue weighted by Crippen LogP contribution is -2.08. The second kappa shape index (κ2) is 5.13. The number of hydrogen-bond donors (Lipinski definition) is 0. The average Bonchev–Trinajstić information content (AvgIpc) is 2.40. The van der Waals surface area contributed by atoms with E-state index in [9.17, 15) is 17.6 Å². The average molecular weight is 283 g/mol. The fourth-order valence-corrected chi connectivity index (χ4v) is 1.29. The van der Waals surface area contributed by atoms with Gasteiger partial charge in [0.25, 0.3) is 0 Å². The normalized spacial score (nSPS) is 10.9. The van der Waals surface area contributed by atoms with Crippen LogP contribution < -0.4 is 4.74 Å². The first-order chi connectivity index (χ1) is 9.40. The predicted molar refractivity (Wildman–Crippen MR) is 58.2 cm³/mol. The third-order valence-corrected chi connectivity index (χ3v) is 2.21. The van der Waals surface area contributed by atoms with E-state index in [1.165, 1.54) is 12.1 Å². The standard InChI is InChI=1S/C12H5F4N3O/c13-8-5-7(6-17)1-2-9(8)20-11-4-3-10(18-19-11)12(14,15)16/h1-5H. The molecule has 0 radical (unpaired) electrons. The van der Waals surface area contributed by atoms with Crippen LogP contribution in [0, 0.1) is 17.1 Å². The molecule has 2 rings (SSSR count). The van der Waals surface area contributed by atoms with Crippen LogP contribution in [0.15, 0.2) is 30.3 Å². The van der Waals surface area contributed by atoms with Crippen molar-refractivity contribution in [2.45, 2.75) is 6.18 Å². The van der Waals surface area contributed by atoms with E-state index >= 15 is 0 Å². The number of hydrogen-bond acceptors (Lipinski definition) is 4. The van der Waals surface area contributed by atoms with E-state index in [2.05, 4.69) is 10.2 Å². The van der Waals surface area contributed by atoms with E-state index in [1.807, 2.05) is 0 Å². The molecule has 0 saturated carbocycles. The van der Waals surface area contributed by atoms with Crippen molar-refractivity contribution in [2.24, 2.45) is 0 Å². The van der Waals surface area contributed by atoms with E-state index in [0.29, 0.717) is 6.07 Å². The molecule has 0 amide bonds. The molecule has 0 aliphatic rings. The molecule has 1 aromatic carbocycles. The second-order valence-corrected chi connectivity index (χ2v) is 3.61. The number of aromatic nitrogens is 2. The molecule has 0 N–H and O–H groups in total. The van der Waals surface area contributed by atoms with Crippen LogP contribution in [-0.2, 0) is 6.18 Å².